The van der Waals surface area contributed by atoms with E-state index in [2.05, 4.69) is 51.2 Å². The lowest BCUT2D eigenvalue weighted by atomic mass is 9.87. The van der Waals surface area contributed by atoms with Crippen molar-refractivity contribution in [2.45, 2.75) is 49.5 Å². The molecule has 1 amide bonds. The van der Waals surface area contributed by atoms with Gasteiger partial charge in [-0.15, -0.1) is 0 Å². The molecule has 0 aliphatic heterocycles. The number of rotatable bonds is 7. The Bertz CT molecular complexity index is 1020. The van der Waals surface area contributed by atoms with Crippen LogP contribution in [0, 0.1) is 6.92 Å². The van der Waals surface area contributed by atoms with Gasteiger partial charge >= 0.3 is 0 Å². The first-order chi connectivity index (χ1) is 14.3. The van der Waals surface area contributed by atoms with E-state index in [0.29, 0.717) is 23.8 Å². The molecule has 0 unspecified atom stereocenters. The number of aryl methyl sites for hydroxylation is 1. The molecule has 3 aromatic rings. The van der Waals surface area contributed by atoms with Gasteiger partial charge in [0.1, 0.15) is 5.75 Å². The molecule has 158 valence electrons. The number of hydrogen-bond acceptors (Lipinski definition) is 4. The molecule has 0 bridgehead atoms. The number of para-hydroxylation sites is 1. The molecule has 1 aromatic heterocycles. The molecule has 30 heavy (non-hydrogen) atoms. The molecule has 0 saturated heterocycles. The van der Waals surface area contributed by atoms with Crippen LogP contribution in [0.2, 0.25) is 0 Å². The van der Waals surface area contributed by atoms with E-state index in [1.165, 1.54) is 11.1 Å². The third kappa shape index (κ3) is 5.48. The van der Waals surface area contributed by atoms with E-state index in [1.54, 1.807) is 24.9 Å². The van der Waals surface area contributed by atoms with Gasteiger partial charge in [0.05, 0.1) is 7.11 Å². The second-order valence-corrected chi connectivity index (χ2v) is 9.32. The van der Waals surface area contributed by atoms with Crippen LogP contribution in [0.15, 0.2) is 69.0 Å². The summed E-state index contributed by atoms with van der Waals surface area (Å²) < 4.78 is 11.2. The third-order valence-corrected chi connectivity index (χ3v) is 6.02. The molecule has 5 heteroatoms. The zero-order chi connectivity index (χ0) is 21.7. The van der Waals surface area contributed by atoms with Gasteiger partial charge in [0.25, 0.3) is 5.91 Å². The zero-order valence-corrected chi connectivity index (χ0v) is 19.1. The SMILES string of the molecule is COc1ccccc1CCNC(=O)c1ccc(Sc2cc(C(C)(C)C)ccc2C)o1. The predicted octanol–water partition coefficient (Wildman–Crippen LogP) is 6.02. The van der Waals surface area contributed by atoms with Crippen molar-refractivity contribution in [3.05, 3.63) is 77.0 Å². The number of methoxy groups -OCH3 is 1. The van der Waals surface area contributed by atoms with E-state index in [-0.39, 0.29) is 11.3 Å². The van der Waals surface area contributed by atoms with Crippen LogP contribution in [0.4, 0.5) is 0 Å². The van der Waals surface area contributed by atoms with Crippen molar-refractivity contribution >= 4 is 17.7 Å². The Morgan fingerprint density at radius 2 is 1.87 bits per heavy atom. The molecule has 0 aliphatic rings. The van der Waals surface area contributed by atoms with Crippen LogP contribution < -0.4 is 10.1 Å². The summed E-state index contributed by atoms with van der Waals surface area (Å²) in [6.07, 6.45) is 0.691. The van der Waals surface area contributed by atoms with Crippen molar-refractivity contribution in [1.82, 2.24) is 5.32 Å². The second kappa shape index (κ2) is 9.43. The van der Waals surface area contributed by atoms with Gasteiger partial charge in [-0.3, -0.25) is 4.79 Å². The summed E-state index contributed by atoms with van der Waals surface area (Å²) in [5.41, 5.74) is 3.60. The summed E-state index contributed by atoms with van der Waals surface area (Å²) in [5, 5.41) is 3.63. The van der Waals surface area contributed by atoms with E-state index in [0.717, 1.165) is 16.2 Å². The highest BCUT2D eigenvalue weighted by molar-refractivity contribution is 7.99. The molecule has 0 fully saturated rings. The van der Waals surface area contributed by atoms with Crippen molar-refractivity contribution in [3.8, 4) is 5.75 Å². The lowest BCUT2D eigenvalue weighted by Crippen LogP contribution is -2.25. The van der Waals surface area contributed by atoms with Crippen LogP contribution in [-0.4, -0.2) is 19.6 Å². The first-order valence-electron chi connectivity index (χ1n) is 10.1. The average Bonchev–Trinajstić information content (AvgIpc) is 3.18. The molecule has 0 spiro atoms. The number of furan rings is 1. The fourth-order valence-corrected chi connectivity index (χ4v) is 3.99. The Morgan fingerprint density at radius 3 is 2.60 bits per heavy atom. The molecule has 0 aliphatic carbocycles. The Balaban J connectivity index is 1.61. The molecule has 0 atom stereocenters. The van der Waals surface area contributed by atoms with E-state index < -0.39 is 0 Å². The van der Waals surface area contributed by atoms with Crippen LogP contribution in [0.3, 0.4) is 0 Å². The quantitative estimate of drug-likeness (QED) is 0.505. The van der Waals surface area contributed by atoms with E-state index in [4.69, 9.17) is 9.15 Å². The highest BCUT2D eigenvalue weighted by Crippen LogP contribution is 2.34. The first-order valence-corrected chi connectivity index (χ1v) is 10.9. The Kier molecular flexibility index (Phi) is 6.93. The number of amides is 1. The van der Waals surface area contributed by atoms with Crippen LogP contribution in [0.25, 0.3) is 0 Å². The van der Waals surface area contributed by atoms with Crippen molar-refractivity contribution in [2.24, 2.45) is 0 Å². The van der Waals surface area contributed by atoms with Crippen molar-refractivity contribution < 1.29 is 13.9 Å². The molecule has 0 saturated carbocycles. The monoisotopic (exact) mass is 423 g/mol. The fraction of sp³-hybridized carbons (Fsp3) is 0.320. The summed E-state index contributed by atoms with van der Waals surface area (Å²) in [4.78, 5) is 13.6. The van der Waals surface area contributed by atoms with Gasteiger partial charge in [-0.25, -0.2) is 0 Å². The van der Waals surface area contributed by atoms with E-state index in [1.807, 2.05) is 30.3 Å². The summed E-state index contributed by atoms with van der Waals surface area (Å²) >= 11 is 1.55. The molecule has 1 N–H and O–H groups in total. The van der Waals surface area contributed by atoms with E-state index >= 15 is 0 Å². The normalized spacial score (nSPS) is 11.4. The molecule has 2 aromatic carbocycles. The lowest BCUT2D eigenvalue weighted by molar-refractivity contribution is 0.0921. The van der Waals surface area contributed by atoms with Crippen LogP contribution in [0.5, 0.6) is 5.75 Å². The minimum Gasteiger partial charge on any atom is -0.496 e. The maximum absolute atomic E-state index is 12.5. The molecule has 3 rings (SSSR count). The highest BCUT2D eigenvalue weighted by Gasteiger charge is 2.17. The Labute approximate surface area is 183 Å². The first kappa shape index (κ1) is 22.0. The van der Waals surface area contributed by atoms with Gasteiger partial charge < -0.3 is 14.5 Å². The van der Waals surface area contributed by atoms with Crippen molar-refractivity contribution in [3.63, 3.8) is 0 Å². The number of benzene rings is 2. The predicted molar refractivity (Wildman–Crippen MR) is 122 cm³/mol. The van der Waals surface area contributed by atoms with E-state index in [9.17, 15) is 4.79 Å². The molecule has 0 radical (unpaired) electrons. The highest BCUT2D eigenvalue weighted by atomic mass is 32.2. The minimum absolute atomic E-state index is 0.0820. The third-order valence-electron chi connectivity index (χ3n) is 4.94. The summed E-state index contributed by atoms with van der Waals surface area (Å²) in [6, 6.07) is 17.9. The fourth-order valence-electron chi connectivity index (χ4n) is 3.09. The summed E-state index contributed by atoms with van der Waals surface area (Å²) in [5.74, 6) is 0.940. The average molecular weight is 424 g/mol. The maximum atomic E-state index is 12.5. The van der Waals surface area contributed by atoms with Gasteiger partial charge in [-0.05, 0) is 59.7 Å². The molecular formula is C25H29NO3S. The Morgan fingerprint density at radius 1 is 1.10 bits per heavy atom. The zero-order valence-electron chi connectivity index (χ0n) is 18.2. The standard InChI is InChI=1S/C25H29NO3S/c1-17-10-11-19(25(2,3)4)16-22(17)30-23-13-12-21(29-23)24(27)26-15-14-18-8-6-7-9-20(18)28-5/h6-13,16H,14-15H2,1-5H3,(H,26,27). The number of carbonyl (C=O) groups excluding carboxylic acids is 1. The number of nitrogens with one attached hydrogen (secondary N) is 1. The van der Waals surface area contributed by atoms with Crippen LogP contribution >= 0.6 is 11.8 Å². The van der Waals surface area contributed by atoms with Gasteiger partial charge in [-0.1, -0.05) is 62.9 Å². The Hall–Kier alpha value is -2.66. The summed E-state index contributed by atoms with van der Waals surface area (Å²) in [7, 11) is 1.65. The molecule has 1 heterocycles. The lowest BCUT2D eigenvalue weighted by Gasteiger charge is -2.20. The summed E-state index contributed by atoms with van der Waals surface area (Å²) in [6.45, 7) is 9.20. The van der Waals surface area contributed by atoms with Crippen LogP contribution in [0.1, 0.15) is 48.0 Å². The van der Waals surface area contributed by atoms with Crippen molar-refractivity contribution in [1.29, 1.82) is 0 Å². The maximum Gasteiger partial charge on any atom is 0.287 e. The topological polar surface area (TPSA) is 51.5 Å². The number of hydrogen-bond donors (Lipinski definition) is 1. The number of carbonyl (C=O) groups is 1. The van der Waals surface area contributed by atoms with Gasteiger partial charge in [0.15, 0.2) is 10.9 Å². The van der Waals surface area contributed by atoms with Gasteiger partial charge in [0, 0.05) is 11.4 Å². The van der Waals surface area contributed by atoms with Crippen LogP contribution in [-0.2, 0) is 11.8 Å². The number of ether oxygens (including phenoxy) is 1. The van der Waals surface area contributed by atoms with Gasteiger partial charge in [-0.2, -0.15) is 0 Å². The molecule has 4 nitrogen and oxygen atoms in total. The molecular weight excluding hydrogens is 394 g/mol. The smallest absolute Gasteiger partial charge is 0.287 e. The largest absolute Gasteiger partial charge is 0.496 e. The van der Waals surface area contributed by atoms with Gasteiger partial charge in [0.2, 0.25) is 0 Å². The van der Waals surface area contributed by atoms with Crippen molar-refractivity contribution in [2.75, 3.05) is 13.7 Å². The minimum atomic E-state index is -0.211. The second-order valence-electron chi connectivity index (χ2n) is 8.27.